The van der Waals surface area contributed by atoms with Crippen molar-refractivity contribution in [1.29, 1.82) is 0 Å². The van der Waals surface area contributed by atoms with Crippen LogP contribution in [0.15, 0.2) is 57.7 Å². The summed E-state index contributed by atoms with van der Waals surface area (Å²) < 4.78 is 11.7. The molecule has 0 saturated heterocycles. The third-order valence-corrected chi connectivity index (χ3v) is 6.74. The maximum Gasteiger partial charge on any atom is 0.297 e. The first-order valence-electron chi connectivity index (χ1n) is 10.6. The largest absolute Gasteiger partial charge is 0.494 e. The van der Waals surface area contributed by atoms with E-state index in [-0.39, 0.29) is 17.1 Å². The number of fused-ring (bicyclic) bond motifs is 2. The molecule has 0 saturated carbocycles. The van der Waals surface area contributed by atoms with Gasteiger partial charge in [0, 0.05) is 4.88 Å². The van der Waals surface area contributed by atoms with Gasteiger partial charge in [-0.1, -0.05) is 31.2 Å². The summed E-state index contributed by atoms with van der Waals surface area (Å²) in [6, 6.07) is 13.9. The highest BCUT2D eigenvalue weighted by molar-refractivity contribution is 7.15. The molecular formula is C25H22N2O4S. The molecule has 1 aliphatic heterocycles. The Hall–Kier alpha value is -3.45. The van der Waals surface area contributed by atoms with Crippen LogP contribution < -0.4 is 15.1 Å². The molecular weight excluding hydrogens is 424 g/mol. The fourth-order valence-corrected chi connectivity index (χ4v) is 4.89. The van der Waals surface area contributed by atoms with Gasteiger partial charge in [0.15, 0.2) is 10.6 Å². The number of hydrogen-bond acceptors (Lipinski definition) is 6. The Kier molecular flexibility index (Phi) is 5.06. The number of anilines is 1. The number of amides is 1. The Bertz CT molecular complexity index is 1370. The normalized spacial score (nSPS) is 15.4. The molecule has 1 unspecified atom stereocenters. The van der Waals surface area contributed by atoms with Crippen molar-refractivity contribution in [3.8, 4) is 5.75 Å². The molecule has 2 aromatic carbocycles. The summed E-state index contributed by atoms with van der Waals surface area (Å²) in [5.41, 5.74) is 2.22. The molecule has 7 heteroatoms. The molecule has 2 aromatic heterocycles. The van der Waals surface area contributed by atoms with Crippen LogP contribution >= 0.6 is 11.3 Å². The molecule has 0 aliphatic carbocycles. The van der Waals surface area contributed by atoms with Gasteiger partial charge in [0.2, 0.25) is 5.76 Å². The van der Waals surface area contributed by atoms with E-state index in [1.807, 2.05) is 38.1 Å². The van der Waals surface area contributed by atoms with E-state index in [0.29, 0.717) is 28.3 Å². The quantitative estimate of drug-likeness (QED) is 0.410. The summed E-state index contributed by atoms with van der Waals surface area (Å²) in [7, 11) is 0. The number of ether oxygens (including phenoxy) is 1. The predicted octanol–water partition coefficient (Wildman–Crippen LogP) is 5.40. The van der Waals surface area contributed by atoms with Crippen molar-refractivity contribution in [3.63, 3.8) is 0 Å². The first kappa shape index (κ1) is 20.5. The molecule has 0 fully saturated rings. The van der Waals surface area contributed by atoms with Crippen LogP contribution in [0.2, 0.25) is 0 Å². The predicted molar refractivity (Wildman–Crippen MR) is 125 cm³/mol. The smallest absolute Gasteiger partial charge is 0.297 e. The molecule has 0 bridgehead atoms. The van der Waals surface area contributed by atoms with Crippen molar-refractivity contribution in [2.75, 3.05) is 11.5 Å². The van der Waals surface area contributed by atoms with Gasteiger partial charge in [-0.25, -0.2) is 4.98 Å². The van der Waals surface area contributed by atoms with Crippen LogP contribution in [0.5, 0.6) is 5.75 Å². The van der Waals surface area contributed by atoms with Crippen molar-refractivity contribution in [1.82, 2.24) is 4.98 Å². The summed E-state index contributed by atoms with van der Waals surface area (Å²) in [6.07, 6.45) is 0.914. The van der Waals surface area contributed by atoms with Gasteiger partial charge in [-0.2, -0.15) is 0 Å². The van der Waals surface area contributed by atoms with Crippen LogP contribution in [-0.2, 0) is 0 Å². The number of rotatable bonds is 5. The number of aromatic nitrogens is 1. The summed E-state index contributed by atoms with van der Waals surface area (Å²) in [5, 5.41) is 1.01. The SMILES string of the molecule is CCCOc1ccc(C2c3c(oc4ccccc4c3=O)C(=O)N2c2nc(C)c(C)s2)cc1. The van der Waals surface area contributed by atoms with Gasteiger partial charge < -0.3 is 9.15 Å². The van der Waals surface area contributed by atoms with Gasteiger partial charge in [0.05, 0.1) is 29.3 Å². The Labute approximate surface area is 189 Å². The lowest BCUT2D eigenvalue weighted by Gasteiger charge is -2.22. The number of aryl methyl sites for hydroxylation is 2. The fourth-order valence-electron chi connectivity index (χ4n) is 3.96. The molecule has 1 aliphatic rings. The average molecular weight is 447 g/mol. The molecule has 1 amide bonds. The average Bonchev–Trinajstić information content (AvgIpc) is 3.29. The minimum absolute atomic E-state index is 0.0792. The lowest BCUT2D eigenvalue weighted by atomic mass is 9.98. The lowest BCUT2D eigenvalue weighted by Crippen LogP contribution is -2.29. The Morgan fingerprint density at radius 3 is 2.53 bits per heavy atom. The van der Waals surface area contributed by atoms with Gasteiger partial charge in [0.25, 0.3) is 5.91 Å². The van der Waals surface area contributed by atoms with E-state index in [1.54, 1.807) is 29.2 Å². The third-order valence-electron chi connectivity index (χ3n) is 5.67. The molecule has 0 radical (unpaired) electrons. The maximum atomic E-state index is 13.5. The van der Waals surface area contributed by atoms with Crippen molar-refractivity contribution in [3.05, 3.63) is 86.2 Å². The standard InChI is InChI=1S/C25H22N2O4S/c1-4-13-30-17-11-9-16(10-12-17)21-20-22(28)18-7-5-6-8-19(18)31-23(20)24(29)27(21)25-26-14(2)15(3)32-25/h5-12,21H,4,13H2,1-3H3. The molecule has 0 N–H and O–H groups in total. The zero-order chi connectivity index (χ0) is 22.4. The van der Waals surface area contributed by atoms with Crippen molar-refractivity contribution < 1.29 is 13.9 Å². The second-order valence-electron chi connectivity index (χ2n) is 7.80. The number of benzene rings is 2. The highest BCUT2D eigenvalue weighted by Crippen LogP contribution is 2.43. The van der Waals surface area contributed by atoms with Crippen LogP contribution in [0.3, 0.4) is 0 Å². The van der Waals surface area contributed by atoms with Gasteiger partial charge in [-0.15, -0.1) is 11.3 Å². The number of nitrogens with zero attached hydrogens (tertiary/aromatic N) is 2. The monoisotopic (exact) mass is 446 g/mol. The topological polar surface area (TPSA) is 72.6 Å². The lowest BCUT2D eigenvalue weighted by molar-refractivity contribution is 0.0971. The van der Waals surface area contributed by atoms with Gasteiger partial charge >= 0.3 is 0 Å². The van der Waals surface area contributed by atoms with Crippen LogP contribution in [0.25, 0.3) is 11.0 Å². The van der Waals surface area contributed by atoms with E-state index >= 15 is 0 Å². The van der Waals surface area contributed by atoms with E-state index in [0.717, 1.165) is 28.3 Å². The molecule has 6 nitrogen and oxygen atoms in total. The van der Waals surface area contributed by atoms with Crippen LogP contribution in [0.4, 0.5) is 5.13 Å². The van der Waals surface area contributed by atoms with Gasteiger partial charge in [-0.3, -0.25) is 14.5 Å². The third kappa shape index (κ3) is 3.20. The zero-order valence-electron chi connectivity index (χ0n) is 18.0. The van der Waals surface area contributed by atoms with E-state index in [9.17, 15) is 9.59 Å². The maximum absolute atomic E-state index is 13.5. The summed E-state index contributed by atoms with van der Waals surface area (Å²) in [4.78, 5) is 34.3. The minimum atomic E-state index is -0.622. The van der Waals surface area contributed by atoms with E-state index < -0.39 is 6.04 Å². The highest BCUT2D eigenvalue weighted by atomic mass is 32.1. The minimum Gasteiger partial charge on any atom is -0.494 e. The summed E-state index contributed by atoms with van der Waals surface area (Å²) >= 11 is 1.43. The molecule has 32 heavy (non-hydrogen) atoms. The van der Waals surface area contributed by atoms with E-state index in [4.69, 9.17) is 9.15 Å². The second kappa shape index (κ2) is 7.91. The Morgan fingerprint density at radius 1 is 1.09 bits per heavy atom. The zero-order valence-corrected chi connectivity index (χ0v) is 18.9. The number of carbonyl (C=O) groups is 1. The van der Waals surface area contributed by atoms with Crippen LogP contribution in [0, 0.1) is 13.8 Å². The van der Waals surface area contributed by atoms with Crippen molar-refractivity contribution in [2.45, 2.75) is 33.2 Å². The highest BCUT2D eigenvalue weighted by Gasteiger charge is 2.45. The van der Waals surface area contributed by atoms with Crippen molar-refractivity contribution in [2.24, 2.45) is 0 Å². The van der Waals surface area contributed by atoms with E-state index in [1.165, 1.54) is 11.3 Å². The van der Waals surface area contributed by atoms with Gasteiger partial charge in [0.1, 0.15) is 11.3 Å². The molecule has 5 rings (SSSR count). The number of thiazole rings is 1. The number of carbonyl (C=O) groups excluding carboxylic acids is 1. The first-order chi connectivity index (χ1) is 15.5. The fraction of sp³-hybridized carbons (Fsp3) is 0.240. The molecule has 1 atom stereocenters. The van der Waals surface area contributed by atoms with Crippen LogP contribution in [0.1, 0.15) is 51.6 Å². The van der Waals surface area contributed by atoms with Crippen LogP contribution in [-0.4, -0.2) is 17.5 Å². The Balaban J connectivity index is 1.71. The van der Waals surface area contributed by atoms with Crippen molar-refractivity contribution >= 4 is 33.3 Å². The van der Waals surface area contributed by atoms with E-state index in [2.05, 4.69) is 11.9 Å². The second-order valence-corrected chi connectivity index (χ2v) is 8.99. The Morgan fingerprint density at radius 2 is 1.84 bits per heavy atom. The molecule has 4 aromatic rings. The molecule has 3 heterocycles. The first-order valence-corrected chi connectivity index (χ1v) is 11.4. The molecule has 162 valence electrons. The summed E-state index contributed by atoms with van der Waals surface area (Å²) in [5.74, 6) is 0.474. The number of hydrogen-bond donors (Lipinski definition) is 0. The molecule has 0 spiro atoms. The number of para-hydroxylation sites is 1. The summed E-state index contributed by atoms with van der Waals surface area (Å²) in [6.45, 7) is 6.56. The van der Waals surface area contributed by atoms with Gasteiger partial charge in [-0.05, 0) is 50.1 Å².